The molecule has 122 valence electrons. The Labute approximate surface area is 145 Å². The summed E-state index contributed by atoms with van der Waals surface area (Å²) in [5.74, 6) is -0.185. The van der Waals surface area contributed by atoms with Crippen LogP contribution in [0.4, 0.5) is 0 Å². The van der Waals surface area contributed by atoms with E-state index in [9.17, 15) is 9.90 Å². The van der Waals surface area contributed by atoms with E-state index < -0.39 is 12.1 Å². The van der Waals surface area contributed by atoms with Crippen LogP contribution < -0.4 is 4.74 Å². The van der Waals surface area contributed by atoms with Crippen LogP contribution in [-0.2, 0) is 11.2 Å². The van der Waals surface area contributed by atoms with Crippen LogP contribution in [0.5, 0.6) is 5.75 Å². The van der Waals surface area contributed by atoms with Gasteiger partial charge in [-0.25, -0.2) is 4.79 Å². The van der Waals surface area contributed by atoms with Crippen LogP contribution in [0.3, 0.4) is 0 Å². The summed E-state index contributed by atoms with van der Waals surface area (Å²) in [4.78, 5) is 11.6. The molecule has 0 unspecified atom stereocenters. The zero-order valence-electron chi connectivity index (χ0n) is 12.9. The maximum Gasteiger partial charge on any atom is 0.345 e. The van der Waals surface area contributed by atoms with Crippen molar-refractivity contribution in [3.63, 3.8) is 0 Å². The van der Waals surface area contributed by atoms with Gasteiger partial charge in [-0.05, 0) is 35.2 Å². The fourth-order valence-corrected chi connectivity index (χ4v) is 2.60. The average Bonchev–Trinajstić information content (AvgIpc) is 2.50. The van der Waals surface area contributed by atoms with Crippen molar-refractivity contribution in [2.75, 3.05) is 0 Å². The number of carboxylic acids is 1. The molecule has 0 spiro atoms. The Balaban J connectivity index is 2.23. The van der Waals surface area contributed by atoms with Gasteiger partial charge in [-0.1, -0.05) is 61.3 Å². The summed E-state index contributed by atoms with van der Waals surface area (Å²) in [5.41, 5.74) is 1.74. The van der Waals surface area contributed by atoms with Crippen LogP contribution in [0.2, 0.25) is 10.0 Å². The predicted molar refractivity (Wildman–Crippen MR) is 92.7 cm³/mol. The molecule has 0 saturated carbocycles. The van der Waals surface area contributed by atoms with Gasteiger partial charge < -0.3 is 9.84 Å². The SMILES string of the molecule is CC(C)c1ccccc1O[C@H](Cc1ccc(Cl)c(Cl)c1)C(=O)O. The molecule has 0 aromatic heterocycles. The first-order chi connectivity index (χ1) is 10.9. The molecule has 0 aliphatic carbocycles. The summed E-state index contributed by atoms with van der Waals surface area (Å²) >= 11 is 11.9. The van der Waals surface area contributed by atoms with Crippen molar-refractivity contribution in [1.29, 1.82) is 0 Å². The molecule has 0 heterocycles. The first-order valence-corrected chi connectivity index (χ1v) is 8.06. The highest BCUT2D eigenvalue weighted by molar-refractivity contribution is 6.42. The number of rotatable bonds is 6. The Morgan fingerprint density at radius 1 is 1.13 bits per heavy atom. The Bertz CT molecular complexity index is 698. The Hall–Kier alpha value is -1.71. The van der Waals surface area contributed by atoms with Crippen LogP contribution in [-0.4, -0.2) is 17.2 Å². The summed E-state index contributed by atoms with van der Waals surface area (Å²) in [7, 11) is 0. The Kier molecular flexibility index (Phi) is 5.91. The second kappa shape index (κ2) is 7.71. The highest BCUT2D eigenvalue weighted by atomic mass is 35.5. The molecule has 0 aliphatic heterocycles. The van der Waals surface area contributed by atoms with Gasteiger partial charge in [-0.3, -0.25) is 0 Å². The number of para-hydroxylation sites is 1. The fraction of sp³-hybridized carbons (Fsp3) is 0.278. The molecule has 0 amide bonds. The molecular formula is C18H18Cl2O3. The number of ether oxygens (including phenoxy) is 1. The molecule has 3 nitrogen and oxygen atoms in total. The highest BCUT2D eigenvalue weighted by Crippen LogP contribution is 2.28. The third-order valence-electron chi connectivity index (χ3n) is 3.49. The molecule has 5 heteroatoms. The molecule has 23 heavy (non-hydrogen) atoms. The average molecular weight is 353 g/mol. The van der Waals surface area contributed by atoms with E-state index in [2.05, 4.69) is 0 Å². The van der Waals surface area contributed by atoms with Crippen molar-refractivity contribution < 1.29 is 14.6 Å². The van der Waals surface area contributed by atoms with Crippen molar-refractivity contribution in [3.05, 3.63) is 63.6 Å². The van der Waals surface area contributed by atoms with E-state index in [1.54, 1.807) is 24.3 Å². The lowest BCUT2D eigenvalue weighted by molar-refractivity contribution is -0.145. The first kappa shape index (κ1) is 17.6. The highest BCUT2D eigenvalue weighted by Gasteiger charge is 2.22. The standard InChI is InChI=1S/C18H18Cl2O3/c1-11(2)13-5-3-4-6-16(13)23-17(18(21)22)10-12-7-8-14(19)15(20)9-12/h3-9,11,17H,10H2,1-2H3,(H,21,22)/t17-/m1/s1. The molecular weight excluding hydrogens is 335 g/mol. The maximum atomic E-state index is 11.6. The molecule has 0 saturated heterocycles. The zero-order valence-corrected chi connectivity index (χ0v) is 14.4. The Morgan fingerprint density at radius 2 is 1.83 bits per heavy atom. The second-order valence-corrected chi connectivity index (χ2v) is 6.40. The van der Waals surface area contributed by atoms with E-state index in [1.807, 2.05) is 32.0 Å². The van der Waals surface area contributed by atoms with Crippen molar-refractivity contribution in [1.82, 2.24) is 0 Å². The van der Waals surface area contributed by atoms with Crippen molar-refractivity contribution in [2.45, 2.75) is 32.3 Å². The smallest absolute Gasteiger partial charge is 0.345 e. The number of aliphatic carboxylic acids is 1. The second-order valence-electron chi connectivity index (χ2n) is 5.59. The minimum atomic E-state index is -1.02. The first-order valence-electron chi connectivity index (χ1n) is 7.30. The third kappa shape index (κ3) is 4.63. The number of hydrogen-bond acceptors (Lipinski definition) is 2. The lowest BCUT2D eigenvalue weighted by atomic mass is 10.0. The number of hydrogen-bond donors (Lipinski definition) is 1. The van der Waals surface area contributed by atoms with E-state index in [1.165, 1.54) is 0 Å². The number of carbonyl (C=O) groups is 1. The molecule has 2 aromatic rings. The lowest BCUT2D eigenvalue weighted by Crippen LogP contribution is -2.29. The molecule has 2 rings (SSSR count). The molecule has 0 radical (unpaired) electrons. The van der Waals surface area contributed by atoms with Gasteiger partial charge in [-0.2, -0.15) is 0 Å². The van der Waals surface area contributed by atoms with Gasteiger partial charge in [0.25, 0.3) is 0 Å². The van der Waals surface area contributed by atoms with Crippen LogP contribution >= 0.6 is 23.2 Å². The molecule has 1 atom stereocenters. The minimum absolute atomic E-state index is 0.207. The maximum absolute atomic E-state index is 11.6. The summed E-state index contributed by atoms with van der Waals surface area (Å²) in [6.45, 7) is 4.08. The van der Waals surface area contributed by atoms with Crippen molar-refractivity contribution >= 4 is 29.2 Å². The molecule has 0 aliphatic rings. The van der Waals surface area contributed by atoms with Crippen molar-refractivity contribution in [3.8, 4) is 5.75 Å². The Morgan fingerprint density at radius 3 is 2.43 bits per heavy atom. The molecule has 2 aromatic carbocycles. The molecule has 0 fully saturated rings. The summed E-state index contributed by atoms with van der Waals surface area (Å²) in [6, 6.07) is 12.5. The fourth-order valence-electron chi connectivity index (χ4n) is 2.28. The third-order valence-corrected chi connectivity index (χ3v) is 4.23. The van der Waals surface area contributed by atoms with Crippen LogP contribution in [0, 0.1) is 0 Å². The topological polar surface area (TPSA) is 46.5 Å². The van der Waals surface area contributed by atoms with E-state index in [-0.39, 0.29) is 12.3 Å². The van der Waals surface area contributed by atoms with Gasteiger partial charge >= 0.3 is 5.97 Å². The van der Waals surface area contributed by atoms with Gasteiger partial charge in [0.2, 0.25) is 0 Å². The predicted octanol–water partition coefficient (Wildman–Crippen LogP) is 5.19. The van der Waals surface area contributed by atoms with Crippen LogP contribution in [0.25, 0.3) is 0 Å². The van der Waals surface area contributed by atoms with E-state index in [0.717, 1.165) is 11.1 Å². The number of benzene rings is 2. The van der Waals surface area contributed by atoms with E-state index in [4.69, 9.17) is 27.9 Å². The summed E-state index contributed by atoms with van der Waals surface area (Å²) in [5, 5.41) is 10.3. The van der Waals surface area contributed by atoms with Crippen LogP contribution in [0.15, 0.2) is 42.5 Å². The lowest BCUT2D eigenvalue weighted by Gasteiger charge is -2.19. The summed E-state index contributed by atoms with van der Waals surface area (Å²) in [6.07, 6.45) is -0.786. The minimum Gasteiger partial charge on any atom is -0.478 e. The van der Waals surface area contributed by atoms with Gasteiger partial charge in [0.1, 0.15) is 5.75 Å². The van der Waals surface area contributed by atoms with Gasteiger partial charge in [0.15, 0.2) is 6.10 Å². The normalized spacial score (nSPS) is 12.2. The van der Waals surface area contributed by atoms with Crippen molar-refractivity contribution in [2.24, 2.45) is 0 Å². The zero-order chi connectivity index (χ0) is 17.0. The quantitative estimate of drug-likeness (QED) is 0.777. The molecule has 1 N–H and O–H groups in total. The van der Waals surface area contributed by atoms with Gasteiger partial charge in [0.05, 0.1) is 10.0 Å². The van der Waals surface area contributed by atoms with Crippen LogP contribution in [0.1, 0.15) is 30.9 Å². The van der Waals surface area contributed by atoms with E-state index in [0.29, 0.717) is 15.8 Å². The monoisotopic (exact) mass is 352 g/mol. The molecule has 0 bridgehead atoms. The number of carboxylic acid groups (broad SMARTS) is 1. The number of halogens is 2. The van der Waals surface area contributed by atoms with E-state index >= 15 is 0 Å². The largest absolute Gasteiger partial charge is 0.478 e. The summed E-state index contributed by atoms with van der Waals surface area (Å²) < 4.78 is 5.77. The van der Waals surface area contributed by atoms with Gasteiger partial charge in [0, 0.05) is 6.42 Å². The van der Waals surface area contributed by atoms with Gasteiger partial charge in [-0.15, -0.1) is 0 Å².